The minimum Gasteiger partial charge on any atom is -0.497 e. The van der Waals surface area contributed by atoms with Crippen LogP contribution in [0.5, 0.6) is 5.75 Å². The van der Waals surface area contributed by atoms with Gasteiger partial charge in [0.1, 0.15) is 5.75 Å². The van der Waals surface area contributed by atoms with E-state index in [2.05, 4.69) is 0 Å². The summed E-state index contributed by atoms with van der Waals surface area (Å²) in [6, 6.07) is 6.59. The first kappa shape index (κ1) is 12.4. The largest absolute Gasteiger partial charge is 0.497 e. The fourth-order valence-corrected chi connectivity index (χ4v) is 4.25. The SMILES string of the molecule is COc1cccc(S(=O)(=O)C2(CN)CCC2)c1. The summed E-state index contributed by atoms with van der Waals surface area (Å²) in [7, 11) is -1.83. The number of rotatable bonds is 4. The minimum absolute atomic E-state index is 0.187. The van der Waals surface area contributed by atoms with Crippen LogP contribution in [0.15, 0.2) is 29.2 Å². The normalized spacial score (nSPS) is 18.5. The zero-order chi connectivity index (χ0) is 12.5. The van der Waals surface area contributed by atoms with E-state index in [0.29, 0.717) is 23.5 Å². The molecule has 0 heterocycles. The summed E-state index contributed by atoms with van der Waals surface area (Å²) in [5.74, 6) is 0.553. The van der Waals surface area contributed by atoms with Gasteiger partial charge in [-0.2, -0.15) is 0 Å². The van der Waals surface area contributed by atoms with Crippen LogP contribution in [0.25, 0.3) is 0 Å². The molecule has 5 heteroatoms. The molecule has 0 radical (unpaired) electrons. The monoisotopic (exact) mass is 255 g/mol. The van der Waals surface area contributed by atoms with Crippen molar-refractivity contribution < 1.29 is 13.2 Å². The van der Waals surface area contributed by atoms with Crippen molar-refractivity contribution in [1.29, 1.82) is 0 Å². The van der Waals surface area contributed by atoms with E-state index in [1.807, 2.05) is 0 Å². The molecule has 0 spiro atoms. The van der Waals surface area contributed by atoms with Crippen LogP contribution < -0.4 is 10.5 Å². The summed E-state index contributed by atoms with van der Waals surface area (Å²) < 4.78 is 29.3. The molecular weight excluding hydrogens is 238 g/mol. The van der Waals surface area contributed by atoms with Gasteiger partial charge >= 0.3 is 0 Å². The highest BCUT2D eigenvalue weighted by atomic mass is 32.2. The van der Waals surface area contributed by atoms with Crippen molar-refractivity contribution in [3.05, 3.63) is 24.3 Å². The van der Waals surface area contributed by atoms with Crippen LogP contribution in [0, 0.1) is 0 Å². The van der Waals surface area contributed by atoms with Gasteiger partial charge in [-0.1, -0.05) is 12.5 Å². The van der Waals surface area contributed by atoms with Gasteiger partial charge in [0.2, 0.25) is 0 Å². The van der Waals surface area contributed by atoms with Crippen LogP contribution in [0.3, 0.4) is 0 Å². The van der Waals surface area contributed by atoms with Crippen molar-refractivity contribution >= 4 is 9.84 Å². The van der Waals surface area contributed by atoms with E-state index in [4.69, 9.17) is 10.5 Å². The molecule has 0 unspecified atom stereocenters. The average molecular weight is 255 g/mol. The van der Waals surface area contributed by atoms with E-state index in [0.717, 1.165) is 6.42 Å². The second-order valence-corrected chi connectivity index (χ2v) is 6.77. The molecule has 2 rings (SSSR count). The van der Waals surface area contributed by atoms with Gasteiger partial charge in [-0.15, -0.1) is 0 Å². The van der Waals surface area contributed by atoms with Gasteiger partial charge in [0.05, 0.1) is 16.8 Å². The molecule has 1 aromatic rings. The van der Waals surface area contributed by atoms with Crippen molar-refractivity contribution in [2.75, 3.05) is 13.7 Å². The molecule has 0 saturated heterocycles. The van der Waals surface area contributed by atoms with Gasteiger partial charge in [0.25, 0.3) is 0 Å². The summed E-state index contributed by atoms with van der Waals surface area (Å²) in [4.78, 5) is 0.307. The van der Waals surface area contributed by atoms with E-state index in [-0.39, 0.29) is 6.54 Å². The molecule has 94 valence electrons. The maximum Gasteiger partial charge on any atom is 0.185 e. The summed E-state index contributed by atoms with van der Waals surface area (Å²) in [6.45, 7) is 0.187. The molecule has 2 N–H and O–H groups in total. The van der Waals surface area contributed by atoms with Crippen LogP contribution in [-0.2, 0) is 9.84 Å². The third-order valence-corrected chi connectivity index (χ3v) is 6.15. The van der Waals surface area contributed by atoms with E-state index >= 15 is 0 Å². The van der Waals surface area contributed by atoms with Gasteiger partial charge in [-0.25, -0.2) is 8.42 Å². The molecule has 1 aliphatic rings. The van der Waals surface area contributed by atoms with E-state index in [1.54, 1.807) is 24.3 Å². The lowest BCUT2D eigenvalue weighted by Crippen LogP contribution is -2.51. The Morgan fingerprint density at radius 1 is 1.41 bits per heavy atom. The first-order chi connectivity index (χ1) is 8.05. The molecule has 0 atom stereocenters. The number of ether oxygens (including phenoxy) is 1. The van der Waals surface area contributed by atoms with Gasteiger partial charge in [0.15, 0.2) is 9.84 Å². The lowest BCUT2D eigenvalue weighted by Gasteiger charge is -2.39. The topological polar surface area (TPSA) is 69.4 Å². The summed E-state index contributed by atoms with van der Waals surface area (Å²) >= 11 is 0. The number of methoxy groups -OCH3 is 1. The van der Waals surface area contributed by atoms with Crippen molar-refractivity contribution in [3.8, 4) is 5.75 Å². The molecule has 0 aliphatic heterocycles. The van der Waals surface area contributed by atoms with Crippen LogP contribution in [0.4, 0.5) is 0 Å². The molecule has 0 amide bonds. The Morgan fingerprint density at radius 2 is 2.12 bits per heavy atom. The zero-order valence-corrected chi connectivity index (χ0v) is 10.7. The van der Waals surface area contributed by atoms with Crippen LogP contribution >= 0.6 is 0 Å². The maximum atomic E-state index is 12.5. The van der Waals surface area contributed by atoms with Gasteiger partial charge in [0, 0.05) is 6.54 Å². The Balaban J connectivity index is 2.44. The molecule has 4 nitrogen and oxygen atoms in total. The molecule has 1 aliphatic carbocycles. The number of hydrogen-bond donors (Lipinski definition) is 1. The molecule has 0 aromatic heterocycles. The predicted molar refractivity (Wildman–Crippen MR) is 65.8 cm³/mol. The third kappa shape index (κ3) is 1.83. The molecule has 1 aromatic carbocycles. The highest BCUT2D eigenvalue weighted by Crippen LogP contribution is 2.42. The van der Waals surface area contributed by atoms with Crippen LogP contribution in [0.2, 0.25) is 0 Å². The first-order valence-corrected chi connectivity index (χ1v) is 7.13. The standard InChI is InChI=1S/C12H17NO3S/c1-16-10-4-2-5-11(8-10)17(14,15)12(9-13)6-3-7-12/h2,4-5,8H,3,6-7,9,13H2,1H3. The van der Waals surface area contributed by atoms with Crippen molar-refractivity contribution in [1.82, 2.24) is 0 Å². The second kappa shape index (κ2) is 4.31. The van der Waals surface area contributed by atoms with Gasteiger partial charge in [-0.05, 0) is 31.0 Å². The summed E-state index contributed by atoms with van der Waals surface area (Å²) in [5, 5.41) is 0. The molecule has 17 heavy (non-hydrogen) atoms. The van der Waals surface area contributed by atoms with Crippen LogP contribution in [-0.4, -0.2) is 26.8 Å². The number of nitrogens with two attached hydrogens (primary N) is 1. The Hall–Kier alpha value is -1.07. The average Bonchev–Trinajstić information content (AvgIpc) is 2.28. The van der Waals surface area contributed by atoms with Gasteiger partial charge < -0.3 is 10.5 Å². The number of benzene rings is 1. The third-order valence-electron chi connectivity index (χ3n) is 3.56. The van der Waals surface area contributed by atoms with E-state index in [9.17, 15) is 8.42 Å². The Kier molecular flexibility index (Phi) is 3.14. The van der Waals surface area contributed by atoms with Gasteiger partial charge in [-0.3, -0.25) is 0 Å². The highest BCUT2D eigenvalue weighted by molar-refractivity contribution is 7.93. The number of hydrogen-bond acceptors (Lipinski definition) is 4. The van der Waals surface area contributed by atoms with Crippen molar-refractivity contribution in [2.24, 2.45) is 5.73 Å². The quantitative estimate of drug-likeness (QED) is 0.881. The summed E-state index contributed by atoms with van der Waals surface area (Å²) in [5.41, 5.74) is 5.65. The predicted octanol–water partition coefficient (Wildman–Crippen LogP) is 1.35. The Labute approximate surface area is 102 Å². The molecule has 1 fully saturated rings. The molecule has 1 saturated carbocycles. The number of sulfone groups is 1. The minimum atomic E-state index is -3.35. The van der Waals surface area contributed by atoms with Crippen molar-refractivity contribution in [2.45, 2.75) is 28.9 Å². The second-order valence-electron chi connectivity index (χ2n) is 4.42. The lowest BCUT2D eigenvalue weighted by molar-refractivity contribution is 0.344. The first-order valence-electron chi connectivity index (χ1n) is 5.64. The Bertz CT molecular complexity index is 501. The lowest BCUT2D eigenvalue weighted by atomic mass is 9.84. The molecular formula is C12H17NO3S. The Morgan fingerprint density at radius 3 is 2.59 bits per heavy atom. The fraction of sp³-hybridized carbons (Fsp3) is 0.500. The summed E-state index contributed by atoms with van der Waals surface area (Å²) in [6.07, 6.45) is 2.24. The van der Waals surface area contributed by atoms with Crippen LogP contribution in [0.1, 0.15) is 19.3 Å². The smallest absolute Gasteiger partial charge is 0.185 e. The highest BCUT2D eigenvalue weighted by Gasteiger charge is 2.48. The van der Waals surface area contributed by atoms with Crippen molar-refractivity contribution in [3.63, 3.8) is 0 Å². The van der Waals surface area contributed by atoms with E-state index < -0.39 is 14.6 Å². The molecule has 0 bridgehead atoms. The maximum absolute atomic E-state index is 12.5. The van der Waals surface area contributed by atoms with E-state index in [1.165, 1.54) is 7.11 Å². The fourth-order valence-electron chi connectivity index (χ4n) is 2.17. The zero-order valence-electron chi connectivity index (χ0n) is 9.85.